The van der Waals surface area contributed by atoms with Crippen LogP contribution in [0.1, 0.15) is 12.5 Å². The normalized spacial score (nSPS) is 14.3. The van der Waals surface area contributed by atoms with Crippen LogP contribution in [-0.4, -0.2) is 9.59 Å². The van der Waals surface area contributed by atoms with Crippen molar-refractivity contribution in [3.05, 3.63) is 35.9 Å². The molecule has 1 unspecified atom stereocenters. The van der Waals surface area contributed by atoms with Crippen LogP contribution in [0.4, 0.5) is 0 Å². The smallest absolute Gasteiger partial charge is 0.102 e. The molecule has 3 heteroatoms. The maximum absolute atomic E-state index is 4.65. The summed E-state index contributed by atoms with van der Waals surface area (Å²) < 4.78 is 0.901. The molecule has 0 heterocycles. The van der Waals surface area contributed by atoms with Crippen molar-refractivity contribution in [2.45, 2.75) is 12.5 Å². The van der Waals surface area contributed by atoms with Crippen molar-refractivity contribution in [2.75, 3.05) is 4.43 Å². The summed E-state index contributed by atoms with van der Waals surface area (Å²) in [6.07, 6.45) is 0. The molecule has 1 aromatic rings. The van der Waals surface area contributed by atoms with Crippen LogP contribution in [0, 0.1) is 0 Å². The summed E-state index contributed by atoms with van der Waals surface area (Å²) in [5.74, 6) is 0. The van der Waals surface area contributed by atoms with Gasteiger partial charge in [0.1, 0.15) is 5.54 Å². The van der Waals surface area contributed by atoms with Crippen molar-refractivity contribution >= 4 is 40.0 Å². The SMILES string of the molecule is CC(CI)(N=C=S)c1ccccc1. The van der Waals surface area contributed by atoms with Gasteiger partial charge in [-0.25, -0.2) is 4.99 Å². The molecular weight excluding hydrogens is 293 g/mol. The summed E-state index contributed by atoms with van der Waals surface area (Å²) in [5, 5.41) is 2.46. The zero-order valence-corrected chi connectivity index (χ0v) is 10.3. The lowest BCUT2D eigenvalue weighted by Gasteiger charge is -2.21. The molecule has 0 N–H and O–H groups in total. The summed E-state index contributed by atoms with van der Waals surface area (Å²) in [7, 11) is 0. The van der Waals surface area contributed by atoms with Crippen molar-refractivity contribution in [3.63, 3.8) is 0 Å². The van der Waals surface area contributed by atoms with Crippen LogP contribution in [0.25, 0.3) is 0 Å². The van der Waals surface area contributed by atoms with E-state index in [1.807, 2.05) is 18.2 Å². The first-order valence-electron chi connectivity index (χ1n) is 3.93. The van der Waals surface area contributed by atoms with Crippen molar-refractivity contribution < 1.29 is 0 Å². The van der Waals surface area contributed by atoms with Gasteiger partial charge >= 0.3 is 0 Å². The van der Waals surface area contributed by atoms with Gasteiger partial charge in [0.2, 0.25) is 0 Å². The Morgan fingerprint density at radius 2 is 2.08 bits per heavy atom. The van der Waals surface area contributed by atoms with Gasteiger partial charge in [0.15, 0.2) is 0 Å². The van der Waals surface area contributed by atoms with Gasteiger partial charge in [-0.1, -0.05) is 52.9 Å². The Morgan fingerprint density at radius 3 is 2.54 bits per heavy atom. The van der Waals surface area contributed by atoms with E-state index in [4.69, 9.17) is 0 Å². The van der Waals surface area contributed by atoms with Gasteiger partial charge in [0.25, 0.3) is 0 Å². The third-order valence-electron chi connectivity index (χ3n) is 1.95. The highest BCUT2D eigenvalue weighted by Gasteiger charge is 2.23. The Hall–Kier alpha value is -0.250. The van der Waals surface area contributed by atoms with Crippen LogP contribution in [0.2, 0.25) is 0 Å². The third kappa shape index (κ3) is 2.59. The summed E-state index contributed by atoms with van der Waals surface area (Å²) in [4.78, 5) is 4.20. The topological polar surface area (TPSA) is 12.4 Å². The zero-order chi connectivity index (χ0) is 9.73. The quantitative estimate of drug-likeness (QED) is 0.361. The maximum atomic E-state index is 4.65. The number of nitrogens with zero attached hydrogens (tertiary/aromatic N) is 1. The molecule has 0 saturated heterocycles. The molecule has 1 nitrogen and oxygen atoms in total. The van der Waals surface area contributed by atoms with E-state index in [1.54, 1.807) is 0 Å². The van der Waals surface area contributed by atoms with Gasteiger partial charge in [0, 0.05) is 4.43 Å². The number of benzene rings is 1. The van der Waals surface area contributed by atoms with Gasteiger partial charge in [-0.15, -0.1) is 0 Å². The molecule has 1 atom stereocenters. The molecule has 0 bridgehead atoms. The number of alkyl halides is 1. The lowest BCUT2D eigenvalue weighted by atomic mass is 9.95. The highest BCUT2D eigenvalue weighted by atomic mass is 127. The van der Waals surface area contributed by atoms with Gasteiger partial charge in [-0.3, -0.25) is 0 Å². The summed E-state index contributed by atoms with van der Waals surface area (Å²) in [5.41, 5.74) is 0.963. The van der Waals surface area contributed by atoms with Crippen LogP contribution in [0.15, 0.2) is 35.3 Å². The molecule has 0 aliphatic carbocycles. The molecule has 0 spiro atoms. The van der Waals surface area contributed by atoms with Crippen molar-refractivity contribution in [2.24, 2.45) is 4.99 Å². The first kappa shape index (κ1) is 10.8. The third-order valence-corrected chi connectivity index (χ3v) is 3.52. The Morgan fingerprint density at radius 1 is 1.46 bits per heavy atom. The number of rotatable bonds is 3. The van der Waals surface area contributed by atoms with Crippen LogP contribution in [0.5, 0.6) is 0 Å². The lowest BCUT2D eigenvalue weighted by molar-refractivity contribution is 0.583. The van der Waals surface area contributed by atoms with E-state index >= 15 is 0 Å². The second kappa shape index (κ2) is 4.84. The highest BCUT2D eigenvalue weighted by molar-refractivity contribution is 14.1. The average molecular weight is 303 g/mol. The largest absolute Gasteiger partial charge is 0.220 e. The molecule has 0 amide bonds. The van der Waals surface area contributed by atoms with E-state index < -0.39 is 0 Å². The number of aliphatic imine (C=N–C) groups is 1. The molecule has 1 rings (SSSR count). The first-order valence-corrected chi connectivity index (χ1v) is 5.87. The molecule has 0 aliphatic heterocycles. The monoisotopic (exact) mass is 303 g/mol. The number of hydrogen-bond donors (Lipinski definition) is 0. The van der Waals surface area contributed by atoms with Gasteiger partial charge in [0.05, 0.1) is 5.16 Å². The second-order valence-corrected chi connectivity index (χ2v) is 3.92. The summed E-state index contributed by atoms with van der Waals surface area (Å²) in [6, 6.07) is 10.2. The molecular formula is C10H10INS. The number of thiocarbonyl (C=S) groups is 1. The van der Waals surface area contributed by atoms with Gasteiger partial charge in [-0.2, -0.15) is 0 Å². The Balaban J connectivity index is 3.10. The Labute approximate surface area is 97.4 Å². The fourth-order valence-corrected chi connectivity index (χ4v) is 1.88. The first-order chi connectivity index (χ1) is 6.23. The average Bonchev–Trinajstić information content (AvgIpc) is 2.19. The van der Waals surface area contributed by atoms with Crippen LogP contribution in [0.3, 0.4) is 0 Å². The van der Waals surface area contributed by atoms with E-state index in [2.05, 4.69) is 64.0 Å². The number of isothiocyanates is 1. The molecule has 0 aliphatic rings. The van der Waals surface area contributed by atoms with Crippen LogP contribution < -0.4 is 0 Å². The summed E-state index contributed by atoms with van der Waals surface area (Å²) >= 11 is 6.96. The van der Waals surface area contributed by atoms with Gasteiger partial charge in [-0.05, 0) is 24.7 Å². The predicted molar refractivity (Wildman–Crippen MR) is 67.7 cm³/mol. The van der Waals surface area contributed by atoms with E-state index in [1.165, 1.54) is 5.56 Å². The number of halogens is 1. The highest BCUT2D eigenvalue weighted by Crippen LogP contribution is 2.26. The standard InChI is InChI=1S/C10H10INS/c1-10(7-11,12-8-13)9-5-3-2-4-6-9/h2-6H,7H2,1H3. The Kier molecular flexibility index (Phi) is 4.03. The fraction of sp³-hybridized carbons (Fsp3) is 0.300. The maximum Gasteiger partial charge on any atom is 0.102 e. The van der Waals surface area contributed by atoms with E-state index in [0.29, 0.717) is 0 Å². The molecule has 0 radical (unpaired) electrons. The van der Waals surface area contributed by atoms with Crippen molar-refractivity contribution in [1.82, 2.24) is 0 Å². The Bertz CT molecular complexity index is 319. The van der Waals surface area contributed by atoms with Crippen LogP contribution in [-0.2, 0) is 5.54 Å². The molecule has 0 saturated carbocycles. The molecule has 1 aromatic carbocycles. The zero-order valence-electron chi connectivity index (χ0n) is 7.33. The molecule has 0 aromatic heterocycles. The molecule has 0 fully saturated rings. The predicted octanol–water partition coefficient (Wildman–Crippen LogP) is 3.44. The second-order valence-electron chi connectivity index (χ2n) is 2.98. The number of hydrogen-bond acceptors (Lipinski definition) is 2. The molecule has 68 valence electrons. The molecule has 13 heavy (non-hydrogen) atoms. The fourth-order valence-electron chi connectivity index (χ4n) is 1.07. The van der Waals surface area contributed by atoms with Crippen molar-refractivity contribution in [3.8, 4) is 0 Å². The minimum atomic E-state index is -0.219. The minimum Gasteiger partial charge on any atom is -0.220 e. The van der Waals surface area contributed by atoms with Crippen LogP contribution >= 0.6 is 34.8 Å². The van der Waals surface area contributed by atoms with Crippen molar-refractivity contribution in [1.29, 1.82) is 0 Å². The van der Waals surface area contributed by atoms with Gasteiger partial charge < -0.3 is 0 Å². The lowest BCUT2D eigenvalue weighted by Crippen LogP contribution is -2.20. The van der Waals surface area contributed by atoms with E-state index in [-0.39, 0.29) is 5.54 Å². The summed E-state index contributed by atoms with van der Waals surface area (Å²) in [6.45, 7) is 2.06. The van der Waals surface area contributed by atoms with E-state index in [9.17, 15) is 0 Å². The minimum absolute atomic E-state index is 0.219. The van der Waals surface area contributed by atoms with E-state index in [0.717, 1.165) is 4.43 Å².